The standard InChI is InChI=1S/C18H17ClN2O4S/c1-3-25-15-7-5-11(9-13(15)19)16(22)21-18(26)20-14-6-4-12(17(23)24)8-10(14)2/h4-9H,3H2,1-2H3,(H,23,24)(H2,20,21,22,26). The van der Waals surface area contributed by atoms with Gasteiger partial charge in [-0.25, -0.2) is 4.79 Å². The molecule has 2 rings (SSSR count). The van der Waals surface area contributed by atoms with E-state index < -0.39 is 11.9 Å². The molecule has 0 bridgehead atoms. The quantitative estimate of drug-likeness (QED) is 0.669. The van der Waals surface area contributed by atoms with E-state index in [-0.39, 0.29) is 10.7 Å². The number of thiocarbonyl (C=S) groups is 1. The lowest BCUT2D eigenvalue weighted by Crippen LogP contribution is -2.34. The van der Waals surface area contributed by atoms with Gasteiger partial charge in [0.2, 0.25) is 0 Å². The van der Waals surface area contributed by atoms with Crippen LogP contribution in [-0.4, -0.2) is 28.7 Å². The second kappa shape index (κ2) is 8.64. The van der Waals surface area contributed by atoms with Gasteiger partial charge in [0, 0.05) is 11.3 Å². The van der Waals surface area contributed by atoms with Crippen LogP contribution < -0.4 is 15.4 Å². The molecular weight excluding hydrogens is 376 g/mol. The fraction of sp³-hybridized carbons (Fsp3) is 0.167. The maximum Gasteiger partial charge on any atom is 0.335 e. The third kappa shape index (κ3) is 4.93. The van der Waals surface area contributed by atoms with E-state index in [4.69, 9.17) is 33.7 Å². The fourth-order valence-corrected chi connectivity index (χ4v) is 2.62. The van der Waals surface area contributed by atoms with Crippen LogP contribution in [0.1, 0.15) is 33.2 Å². The van der Waals surface area contributed by atoms with Crippen molar-refractivity contribution in [2.45, 2.75) is 13.8 Å². The van der Waals surface area contributed by atoms with Crippen LogP contribution in [0.4, 0.5) is 5.69 Å². The predicted molar refractivity (Wildman–Crippen MR) is 104 cm³/mol. The highest BCUT2D eigenvalue weighted by molar-refractivity contribution is 7.80. The van der Waals surface area contributed by atoms with Gasteiger partial charge in [-0.1, -0.05) is 11.6 Å². The maximum absolute atomic E-state index is 12.3. The van der Waals surface area contributed by atoms with E-state index in [1.165, 1.54) is 18.2 Å². The monoisotopic (exact) mass is 392 g/mol. The molecule has 26 heavy (non-hydrogen) atoms. The van der Waals surface area contributed by atoms with Gasteiger partial charge in [0.25, 0.3) is 5.91 Å². The van der Waals surface area contributed by atoms with Crippen molar-refractivity contribution in [1.82, 2.24) is 5.32 Å². The van der Waals surface area contributed by atoms with Crippen molar-refractivity contribution in [1.29, 1.82) is 0 Å². The van der Waals surface area contributed by atoms with E-state index in [0.717, 1.165) is 0 Å². The lowest BCUT2D eigenvalue weighted by atomic mass is 10.1. The van der Waals surface area contributed by atoms with E-state index in [1.54, 1.807) is 25.1 Å². The summed E-state index contributed by atoms with van der Waals surface area (Å²) in [7, 11) is 0. The molecule has 2 aromatic carbocycles. The molecule has 0 aliphatic carbocycles. The van der Waals surface area contributed by atoms with Crippen LogP contribution >= 0.6 is 23.8 Å². The summed E-state index contributed by atoms with van der Waals surface area (Å²) in [5.74, 6) is -0.935. The third-order valence-corrected chi connectivity index (χ3v) is 3.94. The first-order chi connectivity index (χ1) is 12.3. The van der Waals surface area contributed by atoms with Gasteiger partial charge in [-0.05, 0) is 68.0 Å². The summed E-state index contributed by atoms with van der Waals surface area (Å²) >= 11 is 11.2. The molecular formula is C18H17ClN2O4S. The van der Waals surface area contributed by atoms with Crippen molar-refractivity contribution in [2.24, 2.45) is 0 Å². The number of amides is 1. The van der Waals surface area contributed by atoms with E-state index in [0.29, 0.717) is 34.2 Å². The van der Waals surface area contributed by atoms with Crippen LogP contribution in [0.15, 0.2) is 36.4 Å². The molecule has 1 amide bonds. The number of carboxylic acid groups (broad SMARTS) is 1. The number of rotatable bonds is 5. The number of nitrogens with one attached hydrogen (secondary N) is 2. The molecule has 0 fully saturated rings. The molecule has 0 heterocycles. The Morgan fingerprint density at radius 2 is 1.88 bits per heavy atom. The van der Waals surface area contributed by atoms with Crippen molar-refractivity contribution in [3.8, 4) is 5.75 Å². The maximum atomic E-state index is 12.3. The number of aryl methyl sites for hydroxylation is 1. The summed E-state index contributed by atoms with van der Waals surface area (Å²) in [5, 5.41) is 14.8. The highest BCUT2D eigenvalue weighted by atomic mass is 35.5. The second-order valence-corrected chi connectivity index (χ2v) is 6.14. The SMILES string of the molecule is CCOc1ccc(C(=O)NC(=S)Nc2ccc(C(=O)O)cc2C)cc1Cl. The fourth-order valence-electron chi connectivity index (χ4n) is 2.18. The van der Waals surface area contributed by atoms with Crippen LogP contribution in [0, 0.1) is 6.92 Å². The first-order valence-corrected chi connectivity index (χ1v) is 8.49. The van der Waals surface area contributed by atoms with E-state index in [2.05, 4.69) is 10.6 Å². The van der Waals surface area contributed by atoms with Gasteiger partial charge in [-0.15, -0.1) is 0 Å². The van der Waals surface area contributed by atoms with E-state index >= 15 is 0 Å². The Balaban J connectivity index is 2.04. The summed E-state index contributed by atoms with van der Waals surface area (Å²) in [6.45, 7) is 4.05. The third-order valence-electron chi connectivity index (χ3n) is 3.44. The molecule has 0 aliphatic heterocycles. The molecule has 3 N–H and O–H groups in total. The predicted octanol–water partition coefficient (Wildman–Crippen LogP) is 3.87. The Kier molecular flexibility index (Phi) is 6.54. The zero-order valence-corrected chi connectivity index (χ0v) is 15.7. The number of hydrogen-bond donors (Lipinski definition) is 3. The molecule has 0 aliphatic rings. The second-order valence-electron chi connectivity index (χ2n) is 5.32. The lowest BCUT2D eigenvalue weighted by Gasteiger charge is -2.13. The number of carbonyl (C=O) groups excluding carboxylic acids is 1. The van der Waals surface area contributed by atoms with Crippen molar-refractivity contribution in [3.63, 3.8) is 0 Å². The van der Waals surface area contributed by atoms with Crippen molar-refractivity contribution in [2.75, 3.05) is 11.9 Å². The summed E-state index contributed by atoms with van der Waals surface area (Å²) in [6, 6.07) is 9.26. The molecule has 2 aromatic rings. The van der Waals surface area contributed by atoms with Gasteiger partial charge < -0.3 is 15.2 Å². The molecule has 8 heteroatoms. The normalized spacial score (nSPS) is 10.1. The van der Waals surface area contributed by atoms with Gasteiger partial charge in [-0.3, -0.25) is 10.1 Å². The van der Waals surface area contributed by atoms with Gasteiger partial charge in [0.15, 0.2) is 5.11 Å². The van der Waals surface area contributed by atoms with Crippen molar-refractivity contribution < 1.29 is 19.4 Å². The van der Waals surface area contributed by atoms with Gasteiger partial charge >= 0.3 is 5.97 Å². The van der Waals surface area contributed by atoms with Crippen LogP contribution in [0.3, 0.4) is 0 Å². The van der Waals surface area contributed by atoms with Gasteiger partial charge in [0.1, 0.15) is 5.75 Å². The van der Waals surface area contributed by atoms with E-state index in [9.17, 15) is 9.59 Å². The number of benzene rings is 2. The minimum Gasteiger partial charge on any atom is -0.492 e. The smallest absolute Gasteiger partial charge is 0.335 e. The Morgan fingerprint density at radius 3 is 2.46 bits per heavy atom. The minimum absolute atomic E-state index is 0.0891. The van der Waals surface area contributed by atoms with Crippen molar-refractivity contribution >= 4 is 46.5 Å². The zero-order chi connectivity index (χ0) is 19.3. The molecule has 0 spiro atoms. The summed E-state index contributed by atoms with van der Waals surface area (Å²) in [6.07, 6.45) is 0. The van der Waals surface area contributed by atoms with E-state index in [1.807, 2.05) is 6.92 Å². The molecule has 136 valence electrons. The largest absolute Gasteiger partial charge is 0.492 e. The number of hydrogen-bond acceptors (Lipinski definition) is 4. The average molecular weight is 393 g/mol. The van der Waals surface area contributed by atoms with Crippen LogP contribution in [-0.2, 0) is 0 Å². The summed E-state index contributed by atoms with van der Waals surface area (Å²) in [4.78, 5) is 23.2. The summed E-state index contributed by atoms with van der Waals surface area (Å²) in [5.41, 5.74) is 1.79. The van der Waals surface area contributed by atoms with Gasteiger partial charge in [-0.2, -0.15) is 0 Å². The number of aromatic carboxylic acids is 1. The van der Waals surface area contributed by atoms with Crippen LogP contribution in [0.5, 0.6) is 5.75 Å². The number of halogens is 1. The summed E-state index contributed by atoms with van der Waals surface area (Å²) < 4.78 is 5.33. The molecule has 0 saturated carbocycles. The number of carboxylic acids is 1. The molecule has 0 saturated heterocycles. The Bertz CT molecular complexity index is 870. The highest BCUT2D eigenvalue weighted by Crippen LogP contribution is 2.25. The average Bonchev–Trinajstić information content (AvgIpc) is 2.58. The number of anilines is 1. The lowest BCUT2D eigenvalue weighted by molar-refractivity contribution is 0.0696. The number of carbonyl (C=O) groups is 2. The van der Waals surface area contributed by atoms with Crippen molar-refractivity contribution in [3.05, 3.63) is 58.1 Å². The van der Waals surface area contributed by atoms with Gasteiger partial charge in [0.05, 0.1) is 17.2 Å². The molecule has 0 atom stereocenters. The topological polar surface area (TPSA) is 87.7 Å². The molecule has 0 unspecified atom stereocenters. The van der Waals surface area contributed by atoms with Crippen LogP contribution in [0.25, 0.3) is 0 Å². The Morgan fingerprint density at radius 1 is 1.19 bits per heavy atom. The minimum atomic E-state index is -1.01. The zero-order valence-electron chi connectivity index (χ0n) is 14.1. The van der Waals surface area contributed by atoms with Crippen LogP contribution in [0.2, 0.25) is 5.02 Å². The Labute approximate surface area is 161 Å². The number of ether oxygens (including phenoxy) is 1. The molecule has 0 aromatic heterocycles. The Hall–Kier alpha value is -2.64. The molecule has 0 radical (unpaired) electrons. The highest BCUT2D eigenvalue weighted by Gasteiger charge is 2.12. The first-order valence-electron chi connectivity index (χ1n) is 7.70. The first kappa shape index (κ1) is 19.7. The molecule has 6 nitrogen and oxygen atoms in total.